The molecule has 1 unspecified atom stereocenters. The van der Waals surface area contributed by atoms with Crippen molar-refractivity contribution in [2.75, 3.05) is 19.4 Å². The minimum absolute atomic E-state index is 0.226. The number of thioether (sulfide) groups is 1. The molecular formula is C8H15N3OS. The number of H-pyrrole nitrogens is 1. The van der Waals surface area contributed by atoms with Gasteiger partial charge in [0.25, 0.3) is 0 Å². The number of hydrogen-bond acceptors (Lipinski definition) is 4. The van der Waals surface area contributed by atoms with Crippen molar-refractivity contribution in [3.05, 3.63) is 12.4 Å². The average molecular weight is 201 g/mol. The van der Waals surface area contributed by atoms with E-state index in [1.807, 2.05) is 13.2 Å². The van der Waals surface area contributed by atoms with Crippen molar-refractivity contribution in [3.63, 3.8) is 0 Å². The van der Waals surface area contributed by atoms with E-state index in [0.717, 1.165) is 17.3 Å². The van der Waals surface area contributed by atoms with Gasteiger partial charge >= 0.3 is 0 Å². The van der Waals surface area contributed by atoms with Crippen LogP contribution in [0.1, 0.15) is 6.42 Å². The maximum atomic E-state index is 8.75. The molecule has 0 saturated carbocycles. The summed E-state index contributed by atoms with van der Waals surface area (Å²) in [6.45, 7) is 0.226. The van der Waals surface area contributed by atoms with Crippen molar-refractivity contribution in [2.24, 2.45) is 0 Å². The average Bonchev–Trinajstić information content (AvgIpc) is 2.64. The number of aromatic amines is 1. The van der Waals surface area contributed by atoms with Gasteiger partial charge in [-0.1, -0.05) is 11.8 Å². The van der Waals surface area contributed by atoms with E-state index >= 15 is 0 Å². The van der Waals surface area contributed by atoms with Crippen LogP contribution in [-0.2, 0) is 0 Å². The molecule has 0 aliphatic heterocycles. The lowest BCUT2D eigenvalue weighted by Gasteiger charge is -2.12. The second-order valence-electron chi connectivity index (χ2n) is 2.70. The van der Waals surface area contributed by atoms with Gasteiger partial charge in [0, 0.05) is 30.8 Å². The molecule has 0 bridgehead atoms. The molecule has 4 nitrogen and oxygen atoms in total. The van der Waals surface area contributed by atoms with Gasteiger partial charge < -0.3 is 15.4 Å². The van der Waals surface area contributed by atoms with Crippen LogP contribution in [0.15, 0.2) is 17.6 Å². The third kappa shape index (κ3) is 3.80. The normalized spacial score (nSPS) is 13.1. The van der Waals surface area contributed by atoms with Gasteiger partial charge in [-0.3, -0.25) is 0 Å². The maximum Gasteiger partial charge on any atom is 0.165 e. The van der Waals surface area contributed by atoms with Crippen molar-refractivity contribution < 1.29 is 5.11 Å². The lowest BCUT2D eigenvalue weighted by Crippen LogP contribution is -2.28. The molecule has 3 N–H and O–H groups in total. The van der Waals surface area contributed by atoms with Gasteiger partial charge in [0.2, 0.25) is 0 Å². The van der Waals surface area contributed by atoms with Gasteiger partial charge in [0.15, 0.2) is 5.16 Å². The van der Waals surface area contributed by atoms with E-state index in [9.17, 15) is 0 Å². The summed E-state index contributed by atoms with van der Waals surface area (Å²) in [5.74, 6) is 0.921. The molecular weight excluding hydrogens is 186 g/mol. The van der Waals surface area contributed by atoms with E-state index in [2.05, 4.69) is 15.3 Å². The lowest BCUT2D eigenvalue weighted by atomic mass is 10.2. The zero-order chi connectivity index (χ0) is 9.52. The molecule has 1 atom stereocenters. The lowest BCUT2D eigenvalue weighted by molar-refractivity contribution is 0.273. The van der Waals surface area contributed by atoms with E-state index in [0.29, 0.717) is 6.04 Å². The highest BCUT2D eigenvalue weighted by Crippen LogP contribution is 2.13. The van der Waals surface area contributed by atoms with E-state index in [-0.39, 0.29) is 6.61 Å². The second-order valence-corrected chi connectivity index (χ2v) is 3.71. The Labute approximate surface area is 82.2 Å². The van der Waals surface area contributed by atoms with Crippen LogP contribution in [0.5, 0.6) is 0 Å². The molecule has 13 heavy (non-hydrogen) atoms. The Bertz CT molecular complexity index is 215. The molecule has 0 amide bonds. The standard InChI is InChI=1S/C8H15N3OS/c1-9-7(2-5-12)6-13-8-10-3-4-11-8/h3-4,7,9,12H,2,5-6H2,1H3,(H,10,11). The third-order valence-electron chi connectivity index (χ3n) is 1.78. The Hall–Kier alpha value is -0.520. The van der Waals surface area contributed by atoms with E-state index in [1.165, 1.54) is 0 Å². The number of nitrogens with zero attached hydrogens (tertiary/aromatic N) is 1. The topological polar surface area (TPSA) is 60.9 Å². The number of imidazole rings is 1. The largest absolute Gasteiger partial charge is 0.396 e. The molecule has 5 heteroatoms. The number of aromatic nitrogens is 2. The molecule has 0 radical (unpaired) electrons. The Morgan fingerprint density at radius 2 is 2.62 bits per heavy atom. The third-order valence-corrected chi connectivity index (χ3v) is 2.85. The number of nitrogens with one attached hydrogen (secondary N) is 2. The minimum atomic E-state index is 0.226. The van der Waals surface area contributed by atoms with Gasteiger partial charge in [-0.15, -0.1) is 0 Å². The SMILES string of the molecule is CNC(CCO)CSc1ncc[nH]1. The van der Waals surface area contributed by atoms with E-state index < -0.39 is 0 Å². The van der Waals surface area contributed by atoms with Crippen molar-refractivity contribution in [1.29, 1.82) is 0 Å². The molecule has 74 valence electrons. The van der Waals surface area contributed by atoms with Crippen LogP contribution in [0, 0.1) is 0 Å². The monoisotopic (exact) mass is 201 g/mol. The molecule has 0 aliphatic carbocycles. The van der Waals surface area contributed by atoms with Gasteiger partial charge in [0.05, 0.1) is 0 Å². The van der Waals surface area contributed by atoms with Crippen molar-refractivity contribution in [2.45, 2.75) is 17.6 Å². The second kappa shape index (κ2) is 6.01. The number of aliphatic hydroxyl groups excluding tert-OH is 1. The molecule has 1 aromatic rings. The van der Waals surface area contributed by atoms with E-state index in [1.54, 1.807) is 18.0 Å². The van der Waals surface area contributed by atoms with Gasteiger partial charge in [-0.2, -0.15) is 0 Å². The van der Waals surface area contributed by atoms with Crippen LogP contribution < -0.4 is 5.32 Å². The van der Waals surface area contributed by atoms with Crippen LogP contribution in [0.25, 0.3) is 0 Å². The van der Waals surface area contributed by atoms with Crippen LogP contribution in [0.2, 0.25) is 0 Å². The summed E-state index contributed by atoms with van der Waals surface area (Å²) in [5, 5.41) is 12.8. The van der Waals surface area contributed by atoms with Gasteiger partial charge in [-0.25, -0.2) is 4.98 Å². The number of hydrogen-bond donors (Lipinski definition) is 3. The highest BCUT2D eigenvalue weighted by atomic mass is 32.2. The molecule has 0 saturated heterocycles. The maximum absolute atomic E-state index is 8.75. The molecule has 0 spiro atoms. The Balaban J connectivity index is 2.23. The first-order valence-corrected chi connectivity index (χ1v) is 5.25. The van der Waals surface area contributed by atoms with Crippen molar-refractivity contribution in [1.82, 2.24) is 15.3 Å². The first-order valence-electron chi connectivity index (χ1n) is 4.27. The summed E-state index contributed by atoms with van der Waals surface area (Å²) in [5.41, 5.74) is 0. The Morgan fingerprint density at radius 1 is 1.77 bits per heavy atom. The Morgan fingerprint density at radius 3 is 3.15 bits per heavy atom. The summed E-state index contributed by atoms with van der Waals surface area (Å²) in [7, 11) is 1.91. The van der Waals surface area contributed by atoms with Crippen molar-refractivity contribution in [3.8, 4) is 0 Å². The summed E-state index contributed by atoms with van der Waals surface area (Å²) in [6.07, 6.45) is 4.33. The van der Waals surface area contributed by atoms with Crippen LogP contribution >= 0.6 is 11.8 Å². The van der Waals surface area contributed by atoms with Crippen LogP contribution in [0.3, 0.4) is 0 Å². The number of rotatable bonds is 6. The molecule has 1 aromatic heterocycles. The fraction of sp³-hybridized carbons (Fsp3) is 0.625. The quantitative estimate of drug-likeness (QED) is 0.586. The summed E-state index contributed by atoms with van der Waals surface area (Å²) in [4.78, 5) is 7.12. The summed E-state index contributed by atoms with van der Waals surface area (Å²) in [6, 6.07) is 0.347. The highest BCUT2D eigenvalue weighted by Gasteiger charge is 2.06. The smallest absolute Gasteiger partial charge is 0.165 e. The summed E-state index contributed by atoms with van der Waals surface area (Å²) >= 11 is 1.66. The van der Waals surface area contributed by atoms with Gasteiger partial charge in [-0.05, 0) is 13.5 Å². The first-order chi connectivity index (χ1) is 6.36. The predicted molar refractivity (Wildman–Crippen MR) is 53.9 cm³/mol. The molecule has 1 rings (SSSR count). The predicted octanol–water partition coefficient (Wildman–Crippen LogP) is 0.472. The zero-order valence-corrected chi connectivity index (χ0v) is 8.47. The first kappa shape index (κ1) is 10.6. The fourth-order valence-corrected chi connectivity index (χ4v) is 1.96. The minimum Gasteiger partial charge on any atom is -0.396 e. The zero-order valence-electron chi connectivity index (χ0n) is 7.66. The van der Waals surface area contributed by atoms with Crippen molar-refractivity contribution >= 4 is 11.8 Å². The molecule has 0 aliphatic rings. The molecule has 0 aromatic carbocycles. The fourth-order valence-electron chi connectivity index (χ4n) is 0.976. The number of aliphatic hydroxyl groups is 1. The Kier molecular flexibility index (Phi) is 4.88. The van der Waals surface area contributed by atoms with E-state index in [4.69, 9.17) is 5.11 Å². The highest BCUT2D eigenvalue weighted by molar-refractivity contribution is 7.99. The van der Waals surface area contributed by atoms with Gasteiger partial charge in [0.1, 0.15) is 0 Å². The molecule has 1 heterocycles. The van der Waals surface area contributed by atoms with Crippen LogP contribution in [-0.4, -0.2) is 40.5 Å². The summed E-state index contributed by atoms with van der Waals surface area (Å²) < 4.78 is 0. The molecule has 0 fully saturated rings. The van der Waals surface area contributed by atoms with Crippen LogP contribution in [0.4, 0.5) is 0 Å².